The van der Waals surface area contributed by atoms with Crippen molar-refractivity contribution in [2.24, 2.45) is 0 Å². The van der Waals surface area contributed by atoms with Crippen molar-refractivity contribution in [1.29, 1.82) is 0 Å². The highest BCUT2D eigenvalue weighted by molar-refractivity contribution is 7.15. The molecule has 1 heterocycles. The van der Waals surface area contributed by atoms with Crippen molar-refractivity contribution in [3.63, 3.8) is 0 Å². The maximum atomic E-state index is 12.2. The lowest BCUT2D eigenvalue weighted by Crippen LogP contribution is -2.14. The fourth-order valence-corrected chi connectivity index (χ4v) is 3.72. The molecule has 0 spiro atoms. The third-order valence-corrected chi connectivity index (χ3v) is 5.20. The molecule has 0 aliphatic carbocycles. The van der Waals surface area contributed by atoms with Crippen LogP contribution in [0.4, 0.5) is 5.13 Å². The molecule has 0 atom stereocenters. The Bertz CT molecular complexity index is 910. The number of methoxy groups -OCH3 is 1. The van der Waals surface area contributed by atoms with E-state index >= 15 is 0 Å². The number of ether oxygens (including phenoxy) is 1. The smallest absolute Gasteiger partial charge is 0.230 e. The average Bonchev–Trinajstić information content (AvgIpc) is 3.05. The van der Waals surface area contributed by atoms with Crippen LogP contribution in [0.2, 0.25) is 10.0 Å². The summed E-state index contributed by atoms with van der Waals surface area (Å²) in [6.07, 6.45) is 2.67. The van der Waals surface area contributed by atoms with E-state index in [1.54, 1.807) is 25.4 Å². The van der Waals surface area contributed by atoms with Gasteiger partial charge in [0.2, 0.25) is 5.91 Å². The van der Waals surface area contributed by atoms with Crippen LogP contribution >= 0.6 is 34.5 Å². The molecule has 3 rings (SSSR count). The zero-order valence-corrected chi connectivity index (χ0v) is 16.3. The number of rotatable bonds is 6. The molecule has 1 N–H and O–H groups in total. The maximum absolute atomic E-state index is 12.2. The van der Waals surface area contributed by atoms with Crippen LogP contribution in [-0.2, 0) is 17.6 Å². The number of carbonyl (C=O) groups is 1. The summed E-state index contributed by atoms with van der Waals surface area (Å²) in [6, 6.07) is 12.8. The van der Waals surface area contributed by atoms with E-state index in [1.165, 1.54) is 11.3 Å². The number of hydrogen-bond acceptors (Lipinski definition) is 4. The molecular formula is C19H16Cl2N2O2S. The largest absolute Gasteiger partial charge is 0.497 e. The monoisotopic (exact) mass is 406 g/mol. The number of hydrogen-bond donors (Lipinski definition) is 1. The van der Waals surface area contributed by atoms with Crippen LogP contribution in [0.1, 0.15) is 16.0 Å². The number of halogens is 2. The van der Waals surface area contributed by atoms with Gasteiger partial charge in [-0.1, -0.05) is 41.4 Å². The zero-order chi connectivity index (χ0) is 18.5. The Labute approximate surface area is 165 Å². The lowest BCUT2D eigenvalue weighted by atomic mass is 10.1. The number of nitrogens with one attached hydrogen (secondary N) is 1. The number of nitrogens with zero attached hydrogens (tertiary/aromatic N) is 1. The summed E-state index contributed by atoms with van der Waals surface area (Å²) in [5, 5.41) is 4.63. The van der Waals surface area contributed by atoms with Gasteiger partial charge in [0.15, 0.2) is 5.13 Å². The van der Waals surface area contributed by atoms with Gasteiger partial charge >= 0.3 is 0 Å². The molecule has 0 saturated heterocycles. The van der Waals surface area contributed by atoms with Crippen LogP contribution < -0.4 is 10.1 Å². The Morgan fingerprint density at radius 3 is 2.65 bits per heavy atom. The first-order valence-corrected chi connectivity index (χ1v) is 9.42. The van der Waals surface area contributed by atoms with Crippen molar-refractivity contribution < 1.29 is 9.53 Å². The summed E-state index contributed by atoms with van der Waals surface area (Å²) >= 11 is 13.6. The second-order valence-corrected chi connectivity index (χ2v) is 7.58. The van der Waals surface area contributed by atoms with Gasteiger partial charge in [-0.2, -0.15) is 0 Å². The third kappa shape index (κ3) is 4.97. The van der Waals surface area contributed by atoms with Gasteiger partial charge in [-0.05, 0) is 35.4 Å². The minimum Gasteiger partial charge on any atom is -0.497 e. The first-order valence-electron chi connectivity index (χ1n) is 7.85. The maximum Gasteiger partial charge on any atom is 0.230 e. The molecule has 0 unspecified atom stereocenters. The molecule has 26 heavy (non-hydrogen) atoms. The fourth-order valence-electron chi connectivity index (χ4n) is 2.39. The highest BCUT2D eigenvalue weighted by Gasteiger charge is 2.10. The Balaban J connectivity index is 1.59. The van der Waals surface area contributed by atoms with Crippen molar-refractivity contribution in [2.75, 3.05) is 12.4 Å². The molecule has 7 heteroatoms. The van der Waals surface area contributed by atoms with Crippen molar-refractivity contribution in [2.45, 2.75) is 12.8 Å². The first-order chi connectivity index (χ1) is 12.5. The molecule has 1 amide bonds. The molecule has 0 saturated carbocycles. The van der Waals surface area contributed by atoms with Crippen LogP contribution in [0.3, 0.4) is 0 Å². The van der Waals surface area contributed by atoms with Crippen molar-refractivity contribution in [3.05, 3.63) is 74.7 Å². The topological polar surface area (TPSA) is 51.2 Å². The normalized spacial score (nSPS) is 10.6. The van der Waals surface area contributed by atoms with Crippen LogP contribution in [0, 0.1) is 0 Å². The number of carbonyl (C=O) groups excluding carboxylic acids is 1. The highest BCUT2D eigenvalue weighted by atomic mass is 35.5. The van der Waals surface area contributed by atoms with Gasteiger partial charge < -0.3 is 10.1 Å². The standard InChI is InChI=1S/C19H16Cl2N2O2S/c1-25-15-6-2-12(3-7-15)8-18(24)23-19-22-11-16(26-19)9-13-4-5-14(20)10-17(13)21/h2-7,10-11H,8-9H2,1H3,(H,22,23,24). The predicted molar refractivity (Wildman–Crippen MR) is 107 cm³/mol. The SMILES string of the molecule is COc1ccc(CC(=O)Nc2ncc(Cc3ccc(Cl)cc3Cl)s2)cc1. The Kier molecular flexibility index (Phi) is 6.14. The van der Waals surface area contributed by atoms with Gasteiger partial charge in [0, 0.05) is 27.5 Å². The summed E-state index contributed by atoms with van der Waals surface area (Å²) in [7, 11) is 1.61. The number of thiazole rings is 1. The summed E-state index contributed by atoms with van der Waals surface area (Å²) in [4.78, 5) is 17.5. The second-order valence-electron chi connectivity index (χ2n) is 5.62. The third-order valence-electron chi connectivity index (χ3n) is 3.70. The number of benzene rings is 2. The molecular weight excluding hydrogens is 391 g/mol. The van der Waals surface area contributed by atoms with Gasteiger partial charge in [-0.25, -0.2) is 4.98 Å². The van der Waals surface area contributed by atoms with Gasteiger partial charge in [-0.3, -0.25) is 4.79 Å². The fraction of sp³-hybridized carbons (Fsp3) is 0.158. The molecule has 2 aromatic carbocycles. The van der Waals surface area contributed by atoms with Gasteiger partial charge in [0.25, 0.3) is 0 Å². The summed E-state index contributed by atoms with van der Waals surface area (Å²) in [5.74, 6) is 0.653. The Hall–Kier alpha value is -2.08. The number of aromatic nitrogens is 1. The van der Waals surface area contributed by atoms with Crippen molar-refractivity contribution >= 4 is 45.6 Å². The van der Waals surface area contributed by atoms with Gasteiger partial charge in [0.05, 0.1) is 13.5 Å². The molecule has 4 nitrogen and oxygen atoms in total. The zero-order valence-electron chi connectivity index (χ0n) is 14.0. The first kappa shape index (κ1) is 18.7. The van der Waals surface area contributed by atoms with E-state index in [1.807, 2.05) is 30.3 Å². The highest BCUT2D eigenvalue weighted by Crippen LogP contribution is 2.27. The molecule has 1 aromatic heterocycles. The second kappa shape index (κ2) is 8.54. The Morgan fingerprint density at radius 2 is 1.96 bits per heavy atom. The molecule has 3 aromatic rings. The lowest BCUT2D eigenvalue weighted by molar-refractivity contribution is -0.115. The molecule has 0 bridgehead atoms. The predicted octanol–water partition coefficient (Wildman–Crippen LogP) is 5.23. The molecule has 0 fully saturated rings. The van der Waals surface area contributed by atoms with E-state index in [-0.39, 0.29) is 12.3 Å². The van der Waals surface area contributed by atoms with E-state index in [0.717, 1.165) is 21.8 Å². The van der Waals surface area contributed by atoms with Crippen molar-refractivity contribution in [3.8, 4) is 5.75 Å². The number of amides is 1. The minimum atomic E-state index is -0.111. The van der Waals surface area contributed by atoms with E-state index in [4.69, 9.17) is 27.9 Å². The molecule has 0 aliphatic heterocycles. The van der Waals surface area contributed by atoms with Crippen LogP contribution in [0.25, 0.3) is 0 Å². The lowest BCUT2D eigenvalue weighted by Gasteiger charge is -2.04. The van der Waals surface area contributed by atoms with E-state index in [0.29, 0.717) is 21.6 Å². The van der Waals surface area contributed by atoms with Crippen LogP contribution in [-0.4, -0.2) is 18.0 Å². The van der Waals surface area contributed by atoms with Gasteiger partial charge in [0.1, 0.15) is 5.75 Å². The van der Waals surface area contributed by atoms with Crippen LogP contribution in [0.15, 0.2) is 48.7 Å². The molecule has 0 radical (unpaired) electrons. The summed E-state index contributed by atoms with van der Waals surface area (Å²) in [6.45, 7) is 0. The van der Waals surface area contributed by atoms with E-state index in [2.05, 4.69) is 10.3 Å². The van der Waals surface area contributed by atoms with E-state index in [9.17, 15) is 4.79 Å². The average molecular weight is 407 g/mol. The van der Waals surface area contributed by atoms with Crippen molar-refractivity contribution in [1.82, 2.24) is 4.98 Å². The minimum absolute atomic E-state index is 0.111. The summed E-state index contributed by atoms with van der Waals surface area (Å²) < 4.78 is 5.11. The van der Waals surface area contributed by atoms with E-state index < -0.39 is 0 Å². The number of anilines is 1. The summed E-state index contributed by atoms with van der Waals surface area (Å²) in [5.41, 5.74) is 1.88. The van der Waals surface area contributed by atoms with Gasteiger partial charge in [-0.15, -0.1) is 11.3 Å². The Morgan fingerprint density at radius 1 is 1.19 bits per heavy atom. The molecule has 134 valence electrons. The molecule has 0 aliphatic rings. The quantitative estimate of drug-likeness (QED) is 0.609. The van der Waals surface area contributed by atoms with Crippen LogP contribution in [0.5, 0.6) is 5.75 Å².